The maximum Gasteiger partial charge on any atom is 0.256 e. The minimum atomic E-state index is -0.626. The molecule has 0 amide bonds. The Hall–Kier alpha value is -1.81. The van der Waals surface area contributed by atoms with E-state index in [4.69, 9.17) is 22.1 Å². The molecule has 0 atom stereocenters. The van der Waals surface area contributed by atoms with Crippen LogP contribution in [0.4, 0.5) is 10.1 Å². The van der Waals surface area contributed by atoms with E-state index in [0.717, 1.165) is 11.6 Å². The highest BCUT2D eigenvalue weighted by atomic mass is 35.5. The molecule has 2 N–H and O–H groups in total. The van der Waals surface area contributed by atoms with Gasteiger partial charge in [0.1, 0.15) is 0 Å². The molecule has 0 saturated carbocycles. The second kappa shape index (κ2) is 4.59. The number of nitrogen functional groups attached to an aromatic ring is 1. The van der Waals surface area contributed by atoms with Crippen molar-refractivity contribution in [3.05, 3.63) is 46.9 Å². The van der Waals surface area contributed by atoms with Crippen molar-refractivity contribution in [1.82, 2.24) is 4.98 Å². The number of hydrogen-bond acceptors (Lipinski definition) is 3. The summed E-state index contributed by atoms with van der Waals surface area (Å²) in [5.74, 6) is -0.399. The van der Waals surface area contributed by atoms with Gasteiger partial charge in [0.2, 0.25) is 0 Å². The molecule has 0 aliphatic heterocycles. The molecule has 1 heterocycles. The summed E-state index contributed by atoms with van der Waals surface area (Å²) in [5.41, 5.74) is 7.10. The predicted molar refractivity (Wildman–Crippen MR) is 64.9 cm³/mol. The summed E-state index contributed by atoms with van der Waals surface area (Å²) in [6, 6.07) is 6.38. The Balaban J connectivity index is 2.34. The largest absolute Gasteiger partial charge is 0.434 e. The van der Waals surface area contributed by atoms with E-state index in [9.17, 15) is 4.39 Å². The molecule has 1 aromatic carbocycles. The SMILES string of the molecule is Cc1ccc(N)c(Oc2ncc(Cl)cc2F)c1. The van der Waals surface area contributed by atoms with Crippen LogP contribution in [0.5, 0.6) is 11.6 Å². The lowest BCUT2D eigenvalue weighted by molar-refractivity contribution is 0.424. The van der Waals surface area contributed by atoms with E-state index in [1.54, 1.807) is 12.1 Å². The average molecular weight is 253 g/mol. The molecule has 2 rings (SSSR count). The maximum atomic E-state index is 13.5. The molecule has 0 aliphatic carbocycles. The van der Waals surface area contributed by atoms with E-state index in [2.05, 4.69) is 4.98 Å². The number of nitrogens with two attached hydrogens (primary N) is 1. The molecule has 5 heteroatoms. The summed E-state index contributed by atoms with van der Waals surface area (Å²) in [7, 11) is 0. The van der Waals surface area contributed by atoms with Crippen molar-refractivity contribution >= 4 is 17.3 Å². The van der Waals surface area contributed by atoms with Crippen LogP contribution in [0.1, 0.15) is 5.56 Å². The van der Waals surface area contributed by atoms with Gasteiger partial charge in [-0.2, -0.15) is 0 Å². The molecule has 0 bridgehead atoms. The highest BCUT2D eigenvalue weighted by Crippen LogP contribution is 2.29. The van der Waals surface area contributed by atoms with Gasteiger partial charge in [0.05, 0.1) is 10.7 Å². The third-order valence-corrected chi connectivity index (χ3v) is 2.36. The van der Waals surface area contributed by atoms with E-state index in [-0.39, 0.29) is 10.9 Å². The van der Waals surface area contributed by atoms with Crippen LogP contribution in [0.25, 0.3) is 0 Å². The standard InChI is InChI=1S/C12H10ClFN2O/c1-7-2-3-10(15)11(4-7)17-12-9(14)5-8(13)6-16-12/h2-6H,15H2,1H3. The number of aromatic nitrogens is 1. The first-order valence-electron chi connectivity index (χ1n) is 4.91. The monoisotopic (exact) mass is 252 g/mol. The number of aryl methyl sites for hydroxylation is 1. The van der Waals surface area contributed by atoms with Gasteiger partial charge in [0.25, 0.3) is 5.88 Å². The summed E-state index contributed by atoms with van der Waals surface area (Å²) >= 11 is 5.59. The number of rotatable bonds is 2. The zero-order chi connectivity index (χ0) is 12.4. The fourth-order valence-corrected chi connectivity index (χ4v) is 1.46. The molecule has 2 aromatic rings. The van der Waals surface area contributed by atoms with Crippen LogP contribution in [0.3, 0.4) is 0 Å². The molecule has 0 saturated heterocycles. The van der Waals surface area contributed by atoms with Gasteiger partial charge in [-0.25, -0.2) is 9.37 Å². The molecule has 1 aromatic heterocycles. The van der Waals surface area contributed by atoms with Crippen LogP contribution in [0.15, 0.2) is 30.5 Å². The summed E-state index contributed by atoms with van der Waals surface area (Å²) in [5, 5.41) is 0.215. The summed E-state index contributed by atoms with van der Waals surface area (Å²) in [6.45, 7) is 1.89. The van der Waals surface area contributed by atoms with Gasteiger partial charge in [-0.15, -0.1) is 0 Å². The lowest BCUT2D eigenvalue weighted by Crippen LogP contribution is -1.96. The summed E-state index contributed by atoms with van der Waals surface area (Å²) in [6.07, 6.45) is 1.31. The zero-order valence-electron chi connectivity index (χ0n) is 9.08. The second-order valence-corrected chi connectivity index (χ2v) is 4.02. The Bertz CT molecular complexity index is 560. The molecular formula is C12H10ClFN2O. The Labute approximate surface area is 103 Å². The van der Waals surface area contributed by atoms with Gasteiger partial charge in [0, 0.05) is 6.20 Å². The Morgan fingerprint density at radius 2 is 2.12 bits per heavy atom. The van der Waals surface area contributed by atoms with Crippen LogP contribution >= 0.6 is 11.6 Å². The van der Waals surface area contributed by atoms with Crippen molar-refractivity contribution in [2.75, 3.05) is 5.73 Å². The molecule has 3 nitrogen and oxygen atoms in total. The highest BCUT2D eigenvalue weighted by molar-refractivity contribution is 6.30. The first-order valence-corrected chi connectivity index (χ1v) is 5.29. The Kier molecular flexibility index (Phi) is 3.15. The lowest BCUT2D eigenvalue weighted by Gasteiger charge is -2.08. The number of benzene rings is 1. The van der Waals surface area contributed by atoms with Crippen molar-refractivity contribution < 1.29 is 9.13 Å². The highest BCUT2D eigenvalue weighted by Gasteiger charge is 2.09. The van der Waals surface area contributed by atoms with E-state index >= 15 is 0 Å². The number of pyridine rings is 1. The minimum Gasteiger partial charge on any atom is -0.434 e. The van der Waals surface area contributed by atoms with Gasteiger partial charge in [-0.05, 0) is 30.7 Å². The third-order valence-electron chi connectivity index (χ3n) is 2.15. The predicted octanol–water partition coefficient (Wildman–Crippen LogP) is 3.56. The maximum absolute atomic E-state index is 13.5. The van der Waals surface area contributed by atoms with Crippen molar-refractivity contribution in [2.24, 2.45) is 0 Å². The van der Waals surface area contributed by atoms with Gasteiger partial charge in [0.15, 0.2) is 11.6 Å². The molecule has 0 radical (unpaired) electrons. The number of ether oxygens (including phenoxy) is 1. The van der Waals surface area contributed by atoms with Crippen LogP contribution in [-0.4, -0.2) is 4.98 Å². The van der Waals surface area contributed by atoms with Crippen LogP contribution in [-0.2, 0) is 0 Å². The number of hydrogen-bond donors (Lipinski definition) is 1. The van der Waals surface area contributed by atoms with Gasteiger partial charge in [-0.1, -0.05) is 17.7 Å². The number of halogens is 2. The van der Waals surface area contributed by atoms with Crippen molar-refractivity contribution in [3.63, 3.8) is 0 Å². The Morgan fingerprint density at radius 3 is 2.82 bits per heavy atom. The molecule has 0 spiro atoms. The molecular weight excluding hydrogens is 243 g/mol. The van der Waals surface area contributed by atoms with Crippen molar-refractivity contribution in [1.29, 1.82) is 0 Å². The minimum absolute atomic E-state index is 0.147. The van der Waals surface area contributed by atoms with Gasteiger partial charge < -0.3 is 10.5 Å². The molecule has 17 heavy (non-hydrogen) atoms. The van der Waals surface area contributed by atoms with Crippen LogP contribution in [0, 0.1) is 12.7 Å². The fraction of sp³-hybridized carbons (Fsp3) is 0.0833. The molecule has 0 unspecified atom stereocenters. The molecule has 0 aliphatic rings. The molecule has 0 fully saturated rings. The normalized spacial score (nSPS) is 10.3. The topological polar surface area (TPSA) is 48.1 Å². The Morgan fingerprint density at radius 1 is 1.35 bits per heavy atom. The quantitative estimate of drug-likeness (QED) is 0.832. The average Bonchev–Trinajstić information content (AvgIpc) is 2.27. The smallest absolute Gasteiger partial charge is 0.256 e. The molecule has 88 valence electrons. The first-order chi connectivity index (χ1) is 8.06. The number of anilines is 1. The van der Waals surface area contributed by atoms with E-state index in [1.807, 2.05) is 13.0 Å². The summed E-state index contributed by atoms with van der Waals surface area (Å²) < 4.78 is 18.8. The lowest BCUT2D eigenvalue weighted by atomic mass is 10.2. The zero-order valence-corrected chi connectivity index (χ0v) is 9.83. The second-order valence-electron chi connectivity index (χ2n) is 3.58. The summed E-state index contributed by atoms with van der Waals surface area (Å²) in [4.78, 5) is 3.76. The third kappa shape index (κ3) is 2.65. The van der Waals surface area contributed by atoms with E-state index in [1.165, 1.54) is 6.20 Å². The van der Waals surface area contributed by atoms with Crippen molar-refractivity contribution in [3.8, 4) is 11.6 Å². The van der Waals surface area contributed by atoms with Crippen LogP contribution in [0.2, 0.25) is 5.02 Å². The van der Waals surface area contributed by atoms with Gasteiger partial charge >= 0.3 is 0 Å². The van der Waals surface area contributed by atoms with Crippen LogP contribution < -0.4 is 10.5 Å². The van der Waals surface area contributed by atoms with Crippen molar-refractivity contribution in [2.45, 2.75) is 6.92 Å². The first kappa shape index (κ1) is 11.7. The van der Waals surface area contributed by atoms with Gasteiger partial charge in [-0.3, -0.25) is 0 Å². The number of nitrogens with zero attached hydrogens (tertiary/aromatic N) is 1. The fourth-order valence-electron chi connectivity index (χ4n) is 1.31. The van der Waals surface area contributed by atoms with E-state index < -0.39 is 5.82 Å². The van der Waals surface area contributed by atoms with E-state index in [0.29, 0.717) is 11.4 Å².